The Hall–Kier alpha value is 0.270. The lowest BCUT2D eigenvalue weighted by atomic mass is 9.85. The van der Waals surface area contributed by atoms with E-state index in [4.69, 9.17) is 0 Å². The van der Waals surface area contributed by atoms with Gasteiger partial charge in [-0.05, 0) is 56.6 Å². The molecule has 1 N–H and O–H groups in total. The van der Waals surface area contributed by atoms with Crippen LogP contribution in [0.1, 0.15) is 46.5 Å². The molecule has 3 heteroatoms. The number of hydrogen-bond donors (Lipinski definition) is 1. The van der Waals surface area contributed by atoms with Crippen molar-refractivity contribution in [2.75, 3.05) is 24.6 Å². The molecular weight excluding hydrogens is 240 g/mol. The molecule has 2 aliphatic rings. The minimum absolute atomic E-state index is 0.745. The number of likely N-dealkylation sites (tertiary alicyclic amines) is 1. The first-order valence-corrected chi connectivity index (χ1v) is 8.96. The van der Waals surface area contributed by atoms with Gasteiger partial charge in [0.05, 0.1) is 0 Å². The van der Waals surface area contributed by atoms with Crippen molar-refractivity contribution < 1.29 is 0 Å². The predicted molar refractivity (Wildman–Crippen MR) is 82.4 cm³/mol. The summed E-state index contributed by atoms with van der Waals surface area (Å²) in [6.45, 7) is 9.65. The van der Waals surface area contributed by atoms with Crippen LogP contribution in [0.25, 0.3) is 0 Å². The largest absolute Gasteiger partial charge is 0.314 e. The van der Waals surface area contributed by atoms with Crippen LogP contribution in [-0.2, 0) is 0 Å². The van der Waals surface area contributed by atoms with Crippen molar-refractivity contribution in [3.05, 3.63) is 0 Å². The van der Waals surface area contributed by atoms with Gasteiger partial charge in [-0.3, -0.25) is 4.90 Å². The average Bonchev–Trinajstić information content (AvgIpc) is 2.41. The van der Waals surface area contributed by atoms with E-state index < -0.39 is 0 Å². The summed E-state index contributed by atoms with van der Waals surface area (Å²) in [7, 11) is 0. The van der Waals surface area contributed by atoms with Gasteiger partial charge in [-0.25, -0.2) is 0 Å². The maximum atomic E-state index is 3.74. The summed E-state index contributed by atoms with van der Waals surface area (Å²) < 4.78 is 0. The monoisotopic (exact) mass is 270 g/mol. The minimum Gasteiger partial charge on any atom is -0.314 e. The summed E-state index contributed by atoms with van der Waals surface area (Å²) in [5.74, 6) is 3.54. The molecule has 2 nitrogen and oxygen atoms in total. The molecule has 0 bridgehead atoms. The number of nitrogens with zero attached hydrogens (tertiary/aromatic N) is 1. The summed E-state index contributed by atoms with van der Waals surface area (Å²) in [4.78, 5) is 2.81. The fourth-order valence-corrected chi connectivity index (χ4v) is 4.62. The molecule has 3 atom stereocenters. The van der Waals surface area contributed by atoms with Gasteiger partial charge in [-0.15, -0.1) is 0 Å². The highest BCUT2D eigenvalue weighted by Crippen LogP contribution is 2.30. The van der Waals surface area contributed by atoms with Crippen LogP contribution in [0.5, 0.6) is 0 Å². The van der Waals surface area contributed by atoms with Crippen LogP contribution in [0.4, 0.5) is 0 Å². The van der Waals surface area contributed by atoms with Gasteiger partial charge in [-0.2, -0.15) is 11.8 Å². The molecule has 106 valence electrons. The van der Waals surface area contributed by atoms with E-state index in [0.29, 0.717) is 0 Å². The van der Waals surface area contributed by atoms with E-state index in [9.17, 15) is 0 Å². The van der Waals surface area contributed by atoms with Gasteiger partial charge in [0, 0.05) is 24.7 Å². The summed E-state index contributed by atoms with van der Waals surface area (Å²) in [5, 5.41) is 3.74. The maximum Gasteiger partial charge on any atom is 0.0120 e. The van der Waals surface area contributed by atoms with E-state index in [1.807, 2.05) is 0 Å². The van der Waals surface area contributed by atoms with Crippen molar-refractivity contribution in [1.82, 2.24) is 10.2 Å². The third-order valence-electron chi connectivity index (χ3n) is 4.93. The molecule has 2 saturated heterocycles. The van der Waals surface area contributed by atoms with Crippen molar-refractivity contribution in [2.24, 2.45) is 5.92 Å². The molecule has 0 aromatic carbocycles. The number of piperidine rings is 1. The van der Waals surface area contributed by atoms with Crippen molar-refractivity contribution in [1.29, 1.82) is 0 Å². The predicted octanol–water partition coefficient (Wildman–Crippen LogP) is 2.98. The molecular formula is C15H30N2S. The van der Waals surface area contributed by atoms with Gasteiger partial charge in [0.25, 0.3) is 0 Å². The zero-order chi connectivity index (χ0) is 13.0. The number of hydrogen-bond acceptors (Lipinski definition) is 3. The van der Waals surface area contributed by atoms with Gasteiger partial charge in [-0.1, -0.05) is 13.8 Å². The molecule has 2 heterocycles. The van der Waals surface area contributed by atoms with Gasteiger partial charge in [0.2, 0.25) is 0 Å². The van der Waals surface area contributed by atoms with E-state index in [1.54, 1.807) is 0 Å². The van der Waals surface area contributed by atoms with Crippen molar-refractivity contribution in [2.45, 2.75) is 64.6 Å². The number of thioether (sulfide) groups is 1. The molecule has 0 radical (unpaired) electrons. The molecule has 0 saturated carbocycles. The Morgan fingerprint density at radius 2 is 1.89 bits per heavy atom. The lowest BCUT2D eigenvalue weighted by molar-refractivity contribution is 0.0433. The smallest absolute Gasteiger partial charge is 0.0120 e. The normalized spacial score (nSPS) is 35.8. The van der Waals surface area contributed by atoms with E-state index in [0.717, 1.165) is 24.0 Å². The van der Waals surface area contributed by atoms with Gasteiger partial charge >= 0.3 is 0 Å². The number of nitrogens with one attached hydrogen (secondary N) is 1. The number of rotatable bonds is 4. The third-order valence-corrected chi connectivity index (χ3v) is 5.98. The van der Waals surface area contributed by atoms with Gasteiger partial charge in [0.15, 0.2) is 0 Å². The SMILES string of the molecule is CCCNC1CCN(C2CCSCC2)C(C)C1C. The molecule has 2 aliphatic heterocycles. The second-order valence-corrected chi connectivity index (χ2v) is 7.26. The average molecular weight is 270 g/mol. The second-order valence-electron chi connectivity index (χ2n) is 6.03. The van der Waals surface area contributed by atoms with E-state index in [-0.39, 0.29) is 0 Å². The summed E-state index contributed by atoms with van der Waals surface area (Å²) in [6, 6.07) is 2.37. The van der Waals surface area contributed by atoms with Crippen LogP contribution in [0.15, 0.2) is 0 Å². The Morgan fingerprint density at radius 1 is 1.17 bits per heavy atom. The molecule has 0 aromatic heterocycles. The van der Waals surface area contributed by atoms with Crippen molar-refractivity contribution in [3.8, 4) is 0 Å². The molecule has 2 fully saturated rings. The van der Waals surface area contributed by atoms with Gasteiger partial charge in [0.1, 0.15) is 0 Å². The molecule has 18 heavy (non-hydrogen) atoms. The second kappa shape index (κ2) is 7.16. The first-order chi connectivity index (χ1) is 8.74. The lowest BCUT2D eigenvalue weighted by Gasteiger charge is -2.47. The fourth-order valence-electron chi connectivity index (χ4n) is 3.54. The Kier molecular flexibility index (Phi) is 5.84. The topological polar surface area (TPSA) is 15.3 Å². The first kappa shape index (κ1) is 14.7. The van der Waals surface area contributed by atoms with Crippen molar-refractivity contribution in [3.63, 3.8) is 0 Å². The zero-order valence-corrected chi connectivity index (χ0v) is 13.1. The standard InChI is InChI=1S/C15H30N2S/c1-4-8-16-15-5-9-17(13(3)12(15)2)14-6-10-18-11-7-14/h12-16H,4-11H2,1-3H3. The fraction of sp³-hybridized carbons (Fsp3) is 1.00. The first-order valence-electron chi connectivity index (χ1n) is 7.81. The van der Waals surface area contributed by atoms with Crippen molar-refractivity contribution >= 4 is 11.8 Å². The highest BCUT2D eigenvalue weighted by molar-refractivity contribution is 7.99. The minimum atomic E-state index is 0.745. The quantitative estimate of drug-likeness (QED) is 0.845. The van der Waals surface area contributed by atoms with Crippen LogP contribution in [0.2, 0.25) is 0 Å². The molecule has 0 aromatic rings. The van der Waals surface area contributed by atoms with Crippen LogP contribution < -0.4 is 5.32 Å². The summed E-state index contributed by atoms with van der Waals surface area (Å²) in [5.41, 5.74) is 0. The molecule has 2 rings (SSSR count). The Labute approximate surface area is 117 Å². The zero-order valence-electron chi connectivity index (χ0n) is 12.3. The third kappa shape index (κ3) is 3.43. The van der Waals surface area contributed by atoms with Crippen LogP contribution >= 0.6 is 11.8 Å². The van der Waals surface area contributed by atoms with E-state index >= 15 is 0 Å². The van der Waals surface area contributed by atoms with Gasteiger partial charge < -0.3 is 5.32 Å². The Balaban J connectivity index is 1.88. The van der Waals surface area contributed by atoms with Crippen LogP contribution in [0.3, 0.4) is 0 Å². The highest BCUT2D eigenvalue weighted by atomic mass is 32.2. The Bertz CT molecular complexity index is 241. The summed E-state index contributed by atoms with van der Waals surface area (Å²) >= 11 is 2.14. The molecule has 0 spiro atoms. The molecule has 3 unspecified atom stereocenters. The van der Waals surface area contributed by atoms with Crippen LogP contribution in [0, 0.1) is 5.92 Å². The van der Waals surface area contributed by atoms with Crippen LogP contribution in [-0.4, -0.2) is 47.6 Å². The summed E-state index contributed by atoms with van der Waals surface area (Å²) in [6.07, 6.45) is 5.42. The van der Waals surface area contributed by atoms with E-state index in [1.165, 1.54) is 50.3 Å². The molecule has 0 amide bonds. The Morgan fingerprint density at radius 3 is 2.56 bits per heavy atom. The molecule has 0 aliphatic carbocycles. The lowest BCUT2D eigenvalue weighted by Crippen LogP contribution is -2.56. The highest BCUT2D eigenvalue weighted by Gasteiger charge is 2.35. The maximum absolute atomic E-state index is 3.74. The van der Waals surface area contributed by atoms with E-state index in [2.05, 4.69) is 42.7 Å².